The van der Waals surface area contributed by atoms with Crippen molar-refractivity contribution in [1.29, 1.82) is 0 Å². The Morgan fingerprint density at radius 3 is 2.71 bits per heavy atom. The molecule has 1 aliphatic heterocycles. The average molecular weight is 306 g/mol. The number of carbonyl (C=O) groups is 1. The maximum Gasteiger partial charge on any atom is 0.241 e. The van der Waals surface area contributed by atoms with Gasteiger partial charge in [0.2, 0.25) is 5.91 Å². The zero-order valence-corrected chi connectivity index (χ0v) is 13.9. The molecule has 21 heavy (non-hydrogen) atoms. The number of hydrogen-bond donors (Lipinski definition) is 1. The molecule has 116 valence electrons. The molecule has 0 aromatic carbocycles. The van der Waals surface area contributed by atoms with Crippen LogP contribution in [-0.4, -0.2) is 22.9 Å². The molecule has 1 aromatic heterocycles. The second-order valence-electron chi connectivity index (χ2n) is 6.85. The molecule has 1 saturated carbocycles. The molecule has 3 nitrogen and oxygen atoms in total. The largest absolute Gasteiger partial charge is 0.319 e. The fourth-order valence-electron chi connectivity index (χ4n) is 3.73. The van der Waals surface area contributed by atoms with E-state index in [1.54, 1.807) is 11.3 Å². The van der Waals surface area contributed by atoms with Gasteiger partial charge in [-0.25, -0.2) is 0 Å². The van der Waals surface area contributed by atoms with E-state index in [4.69, 9.17) is 0 Å². The first-order valence-electron chi connectivity index (χ1n) is 8.27. The molecule has 0 bridgehead atoms. The lowest BCUT2D eigenvalue weighted by molar-refractivity contribution is -0.133. The van der Waals surface area contributed by atoms with Gasteiger partial charge >= 0.3 is 0 Å². The second-order valence-corrected chi connectivity index (χ2v) is 7.63. The summed E-state index contributed by atoms with van der Waals surface area (Å²) in [5.41, 5.74) is 1.25. The van der Waals surface area contributed by atoms with Crippen LogP contribution in [0.2, 0.25) is 0 Å². The molecule has 2 heterocycles. The third-order valence-corrected chi connectivity index (χ3v) is 5.43. The lowest BCUT2D eigenvalue weighted by atomic mass is 9.93. The van der Waals surface area contributed by atoms with Crippen LogP contribution in [0.4, 0.5) is 0 Å². The van der Waals surface area contributed by atoms with Crippen molar-refractivity contribution in [3.63, 3.8) is 0 Å². The molecular formula is C17H26N2OS. The lowest BCUT2D eigenvalue weighted by Gasteiger charge is -2.35. The van der Waals surface area contributed by atoms with Crippen molar-refractivity contribution in [1.82, 2.24) is 10.2 Å². The van der Waals surface area contributed by atoms with Crippen LogP contribution in [0.3, 0.4) is 0 Å². The van der Waals surface area contributed by atoms with Gasteiger partial charge < -0.3 is 4.90 Å². The van der Waals surface area contributed by atoms with Crippen molar-refractivity contribution in [3.8, 4) is 0 Å². The summed E-state index contributed by atoms with van der Waals surface area (Å²) in [6.07, 6.45) is 7.22. The molecule has 3 rings (SSSR count). The van der Waals surface area contributed by atoms with Crippen LogP contribution in [0.15, 0.2) is 16.8 Å². The zero-order chi connectivity index (χ0) is 14.8. The monoisotopic (exact) mass is 306 g/mol. The predicted molar refractivity (Wildman–Crippen MR) is 87.2 cm³/mol. The van der Waals surface area contributed by atoms with E-state index in [-0.39, 0.29) is 12.2 Å². The number of carbonyl (C=O) groups excluding carboxylic acids is 1. The summed E-state index contributed by atoms with van der Waals surface area (Å²) in [6.45, 7) is 4.38. The van der Waals surface area contributed by atoms with Crippen molar-refractivity contribution >= 4 is 17.2 Å². The Morgan fingerprint density at radius 1 is 1.33 bits per heavy atom. The van der Waals surface area contributed by atoms with E-state index in [2.05, 4.69) is 40.9 Å². The Morgan fingerprint density at radius 2 is 2.10 bits per heavy atom. The van der Waals surface area contributed by atoms with E-state index in [9.17, 15) is 4.79 Å². The topological polar surface area (TPSA) is 32.3 Å². The van der Waals surface area contributed by atoms with Gasteiger partial charge in [-0.2, -0.15) is 11.3 Å². The fourth-order valence-corrected chi connectivity index (χ4v) is 4.41. The van der Waals surface area contributed by atoms with Gasteiger partial charge in [-0.1, -0.05) is 33.1 Å². The number of rotatable bonds is 4. The minimum atomic E-state index is -0.00294. The highest BCUT2D eigenvalue weighted by atomic mass is 32.1. The molecule has 1 aromatic rings. The summed E-state index contributed by atoms with van der Waals surface area (Å²) in [5, 5.41) is 7.89. The first-order valence-corrected chi connectivity index (χ1v) is 9.21. The van der Waals surface area contributed by atoms with Gasteiger partial charge in [0, 0.05) is 6.04 Å². The Balaban J connectivity index is 1.83. The molecule has 2 atom stereocenters. The molecule has 0 radical (unpaired) electrons. The Kier molecular flexibility index (Phi) is 4.65. The molecule has 1 saturated heterocycles. The molecule has 2 unspecified atom stereocenters. The van der Waals surface area contributed by atoms with Crippen molar-refractivity contribution in [2.45, 2.75) is 70.6 Å². The average Bonchev–Trinajstić information content (AvgIpc) is 3.08. The quantitative estimate of drug-likeness (QED) is 0.914. The summed E-state index contributed by atoms with van der Waals surface area (Å²) in [6, 6.07) is 2.58. The zero-order valence-electron chi connectivity index (χ0n) is 13.0. The van der Waals surface area contributed by atoms with Gasteiger partial charge in [-0.15, -0.1) is 0 Å². The molecule has 4 heteroatoms. The van der Waals surface area contributed by atoms with Gasteiger partial charge in [-0.3, -0.25) is 10.1 Å². The SMILES string of the molecule is CC(C)CC1NC(c2ccsc2)N(C2CCCCC2)C1=O. The Bertz CT molecular complexity index is 465. The molecule has 2 fully saturated rings. The number of nitrogens with zero attached hydrogens (tertiary/aromatic N) is 1. The molecule has 2 aliphatic rings. The van der Waals surface area contributed by atoms with Gasteiger partial charge in [0.15, 0.2) is 0 Å². The number of hydrogen-bond acceptors (Lipinski definition) is 3. The van der Waals surface area contributed by atoms with Crippen LogP contribution in [0.25, 0.3) is 0 Å². The third-order valence-electron chi connectivity index (χ3n) is 4.72. The van der Waals surface area contributed by atoms with E-state index in [0.29, 0.717) is 17.9 Å². The first kappa shape index (κ1) is 15.0. The highest BCUT2D eigenvalue weighted by Crippen LogP contribution is 2.35. The van der Waals surface area contributed by atoms with E-state index < -0.39 is 0 Å². The summed E-state index contributed by atoms with van der Waals surface area (Å²) < 4.78 is 0. The van der Waals surface area contributed by atoms with E-state index >= 15 is 0 Å². The van der Waals surface area contributed by atoms with Crippen molar-refractivity contribution in [2.75, 3.05) is 0 Å². The second kappa shape index (κ2) is 6.49. The molecule has 1 N–H and O–H groups in total. The Hall–Kier alpha value is -0.870. The van der Waals surface area contributed by atoms with Crippen LogP contribution in [0, 0.1) is 5.92 Å². The summed E-state index contributed by atoms with van der Waals surface area (Å²) in [7, 11) is 0. The van der Waals surface area contributed by atoms with Crippen LogP contribution < -0.4 is 5.32 Å². The van der Waals surface area contributed by atoms with Crippen molar-refractivity contribution in [2.24, 2.45) is 5.92 Å². The fraction of sp³-hybridized carbons (Fsp3) is 0.706. The van der Waals surface area contributed by atoms with Crippen LogP contribution in [0.1, 0.15) is 64.1 Å². The van der Waals surface area contributed by atoms with Crippen molar-refractivity contribution < 1.29 is 4.79 Å². The standard InChI is InChI=1S/C17H26N2OS/c1-12(2)10-15-17(20)19(14-6-4-3-5-7-14)16(18-15)13-8-9-21-11-13/h8-9,11-12,14-16,18H,3-7,10H2,1-2H3. The van der Waals surface area contributed by atoms with Crippen LogP contribution >= 0.6 is 11.3 Å². The highest BCUT2D eigenvalue weighted by molar-refractivity contribution is 7.07. The minimum Gasteiger partial charge on any atom is -0.319 e. The van der Waals surface area contributed by atoms with Gasteiger partial charge in [-0.05, 0) is 47.6 Å². The van der Waals surface area contributed by atoms with Gasteiger partial charge in [0.25, 0.3) is 0 Å². The smallest absolute Gasteiger partial charge is 0.241 e. The maximum absolute atomic E-state index is 12.9. The summed E-state index contributed by atoms with van der Waals surface area (Å²) in [5.74, 6) is 0.868. The van der Waals surface area contributed by atoms with Crippen LogP contribution in [0.5, 0.6) is 0 Å². The van der Waals surface area contributed by atoms with Crippen molar-refractivity contribution in [3.05, 3.63) is 22.4 Å². The highest BCUT2D eigenvalue weighted by Gasteiger charge is 2.43. The Labute approximate surface area is 131 Å². The third kappa shape index (κ3) is 3.16. The van der Waals surface area contributed by atoms with Crippen LogP contribution in [-0.2, 0) is 4.79 Å². The lowest BCUT2D eigenvalue weighted by Crippen LogP contribution is -2.41. The van der Waals surface area contributed by atoms with Gasteiger partial charge in [0.1, 0.15) is 6.17 Å². The minimum absolute atomic E-state index is 0.00294. The number of nitrogens with one attached hydrogen (secondary N) is 1. The molecule has 1 amide bonds. The molecular weight excluding hydrogens is 280 g/mol. The normalized spacial score (nSPS) is 27.8. The van der Waals surface area contributed by atoms with E-state index in [1.165, 1.54) is 37.7 Å². The summed E-state index contributed by atoms with van der Waals surface area (Å²) in [4.78, 5) is 15.1. The molecule has 1 aliphatic carbocycles. The predicted octanol–water partition coefficient (Wildman–Crippen LogP) is 3.93. The summed E-state index contributed by atoms with van der Waals surface area (Å²) >= 11 is 1.71. The molecule has 0 spiro atoms. The van der Waals surface area contributed by atoms with Gasteiger partial charge in [0.05, 0.1) is 6.04 Å². The van der Waals surface area contributed by atoms with E-state index in [0.717, 1.165) is 6.42 Å². The maximum atomic E-state index is 12.9. The number of thiophene rings is 1. The van der Waals surface area contributed by atoms with E-state index in [1.807, 2.05) is 0 Å². The number of amides is 1. The first-order chi connectivity index (χ1) is 10.2.